The molecule has 15 heavy (non-hydrogen) atoms. The lowest BCUT2D eigenvalue weighted by Gasteiger charge is -2.01. The Hall–Kier alpha value is -1.75. The van der Waals surface area contributed by atoms with Gasteiger partial charge in [-0.15, -0.1) is 11.3 Å². The molecule has 0 bridgehead atoms. The first kappa shape index (κ1) is 8.55. The Labute approximate surface area is 90.2 Å². The molecule has 2 heterocycles. The molecule has 3 aromatic rings. The predicted molar refractivity (Wildman–Crippen MR) is 59.0 cm³/mol. The van der Waals surface area contributed by atoms with E-state index in [-0.39, 0.29) is 0 Å². The molecule has 0 saturated heterocycles. The molecule has 0 amide bonds. The maximum absolute atomic E-state index is 4.26. The minimum Gasteiger partial charge on any atom is -0.245 e. The molecule has 4 nitrogen and oxygen atoms in total. The van der Waals surface area contributed by atoms with Crippen LogP contribution in [0.4, 0.5) is 0 Å². The fraction of sp³-hybridized carbons (Fsp3) is 0. The van der Waals surface area contributed by atoms with Gasteiger partial charge in [0.05, 0.1) is 21.4 Å². The third-order valence-corrected chi connectivity index (χ3v) is 2.99. The van der Waals surface area contributed by atoms with Gasteiger partial charge in [0.1, 0.15) is 12.2 Å². The first-order chi connectivity index (χ1) is 7.34. The fourth-order valence-electron chi connectivity index (χ4n) is 1.46. The van der Waals surface area contributed by atoms with E-state index in [2.05, 4.69) is 22.0 Å². The Balaban J connectivity index is 2.23. The van der Waals surface area contributed by atoms with Crippen molar-refractivity contribution in [2.75, 3.05) is 0 Å². The second-order valence-electron chi connectivity index (χ2n) is 3.09. The van der Waals surface area contributed by atoms with Crippen LogP contribution in [0.5, 0.6) is 0 Å². The summed E-state index contributed by atoms with van der Waals surface area (Å²) in [5.74, 6) is 0.629. The van der Waals surface area contributed by atoms with Gasteiger partial charge in [0.25, 0.3) is 0 Å². The summed E-state index contributed by atoms with van der Waals surface area (Å²) in [6.45, 7) is 3.80. The van der Waals surface area contributed by atoms with Crippen molar-refractivity contribution in [1.82, 2.24) is 19.7 Å². The molecule has 0 aliphatic heterocycles. The molecule has 1 radical (unpaired) electrons. The minimum absolute atomic E-state index is 0.629. The Morgan fingerprint density at radius 3 is 3.00 bits per heavy atom. The van der Waals surface area contributed by atoms with Crippen LogP contribution in [-0.2, 0) is 0 Å². The highest BCUT2D eigenvalue weighted by atomic mass is 32.1. The van der Waals surface area contributed by atoms with Gasteiger partial charge >= 0.3 is 0 Å². The van der Waals surface area contributed by atoms with Crippen molar-refractivity contribution in [2.45, 2.75) is 0 Å². The van der Waals surface area contributed by atoms with E-state index in [0.29, 0.717) is 5.82 Å². The highest BCUT2D eigenvalue weighted by Crippen LogP contribution is 2.20. The number of fused-ring (bicyclic) bond motifs is 1. The van der Waals surface area contributed by atoms with Crippen LogP contribution in [-0.4, -0.2) is 19.7 Å². The topological polar surface area (TPSA) is 43.6 Å². The maximum atomic E-state index is 4.26. The van der Waals surface area contributed by atoms with Crippen molar-refractivity contribution in [3.8, 4) is 5.69 Å². The number of benzene rings is 1. The summed E-state index contributed by atoms with van der Waals surface area (Å²) < 4.78 is 2.86. The van der Waals surface area contributed by atoms with Gasteiger partial charge in [-0.05, 0) is 18.2 Å². The number of hydrogen-bond donors (Lipinski definition) is 0. The summed E-state index contributed by atoms with van der Waals surface area (Å²) in [4.78, 5) is 8.24. The van der Waals surface area contributed by atoms with E-state index >= 15 is 0 Å². The summed E-state index contributed by atoms with van der Waals surface area (Å²) in [5, 5.41) is 4.10. The lowest BCUT2D eigenvalue weighted by molar-refractivity contribution is 0.861. The summed E-state index contributed by atoms with van der Waals surface area (Å²) >= 11 is 1.63. The molecule has 0 unspecified atom stereocenters. The number of aromatic nitrogens is 4. The van der Waals surface area contributed by atoms with Crippen molar-refractivity contribution >= 4 is 21.6 Å². The number of thiazole rings is 1. The van der Waals surface area contributed by atoms with E-state index in [1.165, 1.54) is 11.0 Å². The van der Waals surface area contributed by atoms with Crippen LogP contribution in [0, 0.1) is 6.92 Å². The fourth-order valence-corrected chi connectivity index (χ4v) is 2.12. The van der Waals surface area contributed by atoms with Crippen molar-refractivity contribution < 1.29 is 0 Å². The third kappa shape index (κ3) is 1.32. The molecule has 1 aromatic carbocycles. The standard InChI is InChI=1S/C10H7N4S/c1-7-11-5-13-14(7)8-2-3-10-9(4-8)12-6-15-10/h2-6H,1H2. The van der Waals surface area contributed by atoms with Crippen molar-refractivity contribution in [3.63, 3.8) is 0 Å². The lowest BCUT2D eigenvalue weighted by atomic mass is 10.3. The Morgan fingerprint density at radius 1 is 1.27 bits per heavy atom. The van der Waals surface area contributed by atoms with Gasteiger partial charge in [-0.1, -0.05) is 0 Å². The molecule has 73 valence electrons. The minimum atomic E-state index is 0.629. The Kier molecular flexibility index (Phi) is 1.78. The van der Waals surface area contributed by atoms with Gasteiger partial charge in [-0.2, -0.15) is 5.10 Å². The van der Waals surface area contributed by atoms with E-state index in [9.17, 15) is 0 Å². The van der Waals surface area contributed by atoms with Crippen LogP contribution >= 0.6 is 11.3 Å². The molecule has 3 rings (SSSR count). The third-order valence-electron chi connectivity index (χ3n) is 2.18. The Morgan fingerprint density at radius 2 is 2.20 bits per heavy atom. The SMILES string of the molecule is [CH2]c1ncnn1-c1ccc2scnc2c1. The van der Waals surface area contributed by atoms with Crippen molar-refractivity contribution in [1.29, 1.82) is 0 Å². The number of hydrogen-bond acceptors (Lipinski definition) is 4. The molecule has 0 spiro atoms. The van der Waals surface area contributed by atoms with Crippen molar-refractivity contribution in [2.24, 2.45) is 0 Å². The van der Waals surface area contributed by atoms with E-state index in [4.69, 9.17) is 0 Å². The summed E-state index contributed by atoms with van der Waals surface area (Å²) in [6, 6.07) is 6.00. The molecular formula is C10H7N4S. The van der Waals surface area contributed by atoms with Gasteiger partial charge in [-0.25, -0.2) is 14.6 Å². The number of rotatable bonds is 1. The second kappa shape index (κ2) is 3.13. The first-order valence-electron chi connectivity index (χ1n) is 4.40. The molecular weight excluding hydrogens is 208 g/mol. The molecule has 0 saturated carbocycles. The average molecular weight is 215 g/mol. The van der Waals surface area contributed by atoms with Crippen LogP contribution in [0.2, 0.25) is 0 Å². The van der Waals surface area contributed by atoms with E-state index < -0.39 is 0 Å². The first-order valence-corrected chi connectivity index (χ1v) is 5.28. The summed E-state index contributed by atoms with van der Waals surface area (Å²) in [5.41, 5.74) is 3.75. The molecule has 5 heteroatoms. The highest BCUT2D eigenvalue weighted by molar-refractivity contribution is 7.16. The molecule has 0 fully saturated rings. The van der Waals surface area contributed by atoms with E-state index in [1.807, 2.05) is 23.7 Å². The zero-order chi connectivity index (χ0) is 10.3. The van der Waals surface area contributed by atoms with Crippen molar-refractivity contribution in [3.05, 3.63) is 42.8 Å². The molecule has 0 aliphatic carbocycles. The van der Waals surface area contributed by atoms with Crippen LogP contribution in [0.1, 0.15) is 5.82 Å². The summed E-state index contributed by atoms with van der Waals surface area (Å²) in [6.07, 6.45) is 1.49. The predicted octanol–water partition coefficient (Wildman–Crippen LogP) is 2.06. The molecule has 0 N–H and O–H groups in total. The van der Waals surface area contributed by atoms with Crippen LogP contribution in [0.15, 0.2) is 30.0 Å². The van der Waals surface area contributed by atoms with E-state index in [1.54, 1.807) is 16.0 Å². The lowest BCUT2D eigenvalue weighted by Crippen LogP contribution is -1.98. The number of nitrogens with zero attached hydrogens (tertiary/aromatic N) is 4. The smallest absolute Gasteiger partial charge is 0.138 e. The van der Waals surface area contributed by atoms with Crippen LogP contribution in [0.25, 0.3) is 15.9 Å². The zero-order valence-corrected chi connectivity index (χ0v) is 8.61. The van der Waals surface area contributed by atoms with Crippen LogP contribution < -0.4 is 0 Å². The normalized spacial score (nSPS) is 11.0. The zero-order valence-electron chi connectivity index (χ0n) is 7.79. The molecule has 0 aliphatic rings. The van der Waals surface area contributed by atoms with Crippen LogP contribution in [0.3, 0.4) is 0 Å². The summed E-state index contributed by atoms with van der Waals surface area (Å²) in [7, 11) is 0. The quantitative estimate of drug-likeness (QED) is 0.624. The highest BCUT2D eigenvalue weighted by Gasteiger charge is 2.04. The van der Waals surface area contributed by atoms with Gasteiger partial charge in [0.15, 0.2) is 0 Å². The largest absolute Gasteiger partial charge is 0.245 e. The van der Waals surface area contributed by atoms with Gasteiger partial charge in [0.2, 0.25) is 0 Å². The Bertz CT molecular complexity index is 610. The van der Waals surface area contributed by atoms with Gasteiger partial charge < -0.3 is 0 Å². The van der Waals surface area contributed by atoms with Gasteiger partial charge in [0, 0.05) is 6.92 Å². The molecule has 0 atom stereocenters. The maximum Gasteiger partial charge on any atom is 0.138 e. The second-order valence-corrected chi connectivity index (χ2v) is 3.98. The average Bonchev–Trinajstić information content (AvgIpc) is 2.84. The molecule has 2 aromatic heterocycles. The van der Waals surface area contributed by atoms with Gasteiger partial charge in [-0.3, -0.25) is 0 Å². The van der Waals surface area contributed by atoms with E-state index in [0.717, 1.165) is 11.2 Å². The monoisotopic (exact) mass is 215 g/mol.